The second-order valence-electron chi connectivity index (χ2n) is 7.44. The Morgan fingerprint density at radius 3 is 2.45 bits per heavy atom. The number of likely N-dealkylation sites (tertiary alicyclic amines) is 1. The summed E-state index contributed by atoms with van der Waals surface area (Å²) in [5, 5.41) is 0. The van der Waals surface area contributed by atoms with Crippen molar-refractivity contribution in [3.8, 4) is 0 Å². The quantitative estimate of drug-likeness (QED) is 0.590. The fourth-order valence-corrected chi connectivity index (χ4v) is 3.11. The molecule has 0 radical (unpaired) electrons. The summed E-state index contributed by atoms with van der Waals surface area (Å²) in [4.78, 5) is 14.3. The maximum atomic E-state index is 12.4. The first-order chi connectivity index (χ1) is 10.2. The number of amides is 1. The van der Waals surface area contributed by atoms with Crippen LogP contribution in [-0.2, 0) is 14.3 Å². The molecule has 2 rings (SSSR count). The fourth-order valence-electron chi connectivity index (χ4n) is 2.56. The Morgan fingerprint density at radius 2 is 1.95 bits per heavy atom. The first-order valence-electron chi connectivity index (χ1n) is 7.98. The van der Waals surface area contributed by atoms with Crippen LogP contribution in [0.4, 0.5) is 0 Å². The molecule has 2 fully saturated rings. The molecule has 0 spiro atoms. The highest BCUT2D eigenvalue weighted by molar-refractivity contribution is 7.99. The van der Waals surface area contributed by atoms with Crippen molar-refractivity contribution in [2.24, 2.45) is 10.3 Å². The van der Waals surface area contributed by atoms with E-state index in [1.54, 1.807) is 11.9 Å². The maximum absolute atomic E-state index is 12.4. The number of hydrogen-bond donors (Lipinski definition) is 0. The van der Waals surface area contributed by atoms with E-state index >= 15 is 0 Å². The van der Waals surface area contributed by atoms with Crippen molar-refractivity contribution in [1.82, 2.24) is 4.90 Å². The van der Waals surface area contributed by atoms with Gasteiger partial charge >= 0.3 is 0 Å². The SMILES string of the molecule is CC1(C)OCC(C(=O)N2CCC(C=NSC(C)(C)C)CC2)O1. The molecule has 2 heterocycles. The number of ether oxygens (including phenoxy) is 2. The van der Waals surface area contributed by atoms with Crippen LogP contribution in [0.2, 0.25) is 0 Å². The van der Waals surface area contributed by atoms with Gasteiger partial charge in [0.15, 0.2) is 11.9 Å². The van der Waals surface area contributed by atoms with E-state index in [4.69, 9.17) is 9.47 Å². The standard InChI is InChI=1S/C16H28N2O3S/c1-15(2,3)22-17-10-12-6-8-18(9-7-12)14(19)13-11-20-16(4,5)21-13/h10,12-13H,6-9,11H2,1-5H3. The average molecular weight is 328 g/mol. The second kappa shape index (κ2) is 6.89. The lowest BCUT2D eigenvalue weighted by Gasteiger charge is -2.32. The monoisotopic (exact) mass is 328 g/mol. The summed E-state index contributed by atoms with van der Waals surface area (Å²) in [6.07, 6.45) is 3.54. The van der Waals surface area contributed by atoms with Gasteiger partial charge in [0.25, 0.3) is 5.91 Å². The van der Waals surface area contributed by atoms with E-state index in [9.17, 15) is 4.79 Å². The molecule has 2 saturated heterocycles. The van der Waals surface area contributed by atoms with Gasteiger partial charge in [-0.15, -0.1) is 0 Å². The van der Waals surface area contributed by atoms with E-state index in [0.717, 1.165) is 25.9 Å². The number of rotatable bonds is 3. The van der Waals surface area contributed by atoms with Gasteiger partial charge in [-0.25, -0.2) is 4.40 Å². The summed E-state index contributed by atoms with van der Waals surface area (Å²) in [6, 6.07) is 0. The molecule has 2 aliphatic rings. The molecule has 126 valence electrons. The minimum absolute atomic E-state index is 0.0602. The van der Waals surface area contributed by atoms with E-state index < -0.39 is 11.9 Å². The zero-order chi connectivity index (χ0) is 16.4. The van der Waals surface area contributed by atoms with Crippen LogP contribution in [0.15, 0.2) is 4.40 Å². The highest BCUT2D eigenvalue weighted by Crippen LogP contribution is 2.27. The Kier molecular flexibility index (Phi) is 5.56. The van der Waals surface area contributed by atoms with Crippen molar-refractivity contribution in [2.45, 2.75) is 64.1 Å². The predicted molar refractivity (Wildman–Crippen MR) is 90.0 cm³/mol. The number of carbonyl (C=O) groups excluding carboxylic acids is 1. The van der Waals surface area contributed by atoms with Gasteiger partial charge in [0, 0.05) is 24.1 Å². The zero-order valence-corrected chi connectivity index (χ0v) is 15.1. The van der Waals surface area contributed by atoms with Crippen LogP contribution in [-0.4, -0.2) is 53.4 Å². The number of nitrogens with zero attached hydrogens (tertiary/aromatic N) is 2. The third-order valence-electron chi connectivity index (χ3n) is 3.73. The maximum Gasteiger partial charge on any atom is 0.254 e. The van der Waals surface area contributed by atoms with Gasteiger partial charge in [-0.1, -0.05) is 0 Å². The van der Waals surface area contributed by atoms with Gasteiger partial charge in [-0.2, -0.15) is 0 Å². The van der Waals surface area contributed by atoms with Crippen LogP contribution < -0.4 is 0 Å². The lowest BCUT2D eigenvalue weighted by Crippen LogP contribution is -2.45. The van der Waals surface area contributed by atoms with Crippen molar-refractivity contribution in [3.63, 3.8) is 0 Å². The minimum atomic E-state index is -0.643. The third kappa shape index (κ3) is 5.25. The van der Waals surface area contributed by atoms with Crippen molar-refractivity contribution < 1.29 is 14.3 Å². The zero-order valence-electron chi connectivity index (χ0n) is 14.3. The Morgan fingerprint density at radius 1 is 1.32 bits per heavy atom. The van der Waals surface area contributed by atoms with E-state index in [1.165, 1.54) is 0 Å². The molecule has 1 amide bonds. The molecule has 22 heavy (non-hydrogen) atoms. The Bertz CT molecular complexity index is 424. The van der Waals surface area contributed by atoms with Crippen LogP contribution in [0.1, 0.15) is 47.5 Å². The van der Waals surface area contributed by atoms with E-state index in [-0.39, 0.29) is 10.7 Å². The van der Waals surface area contributed by atoms with Crippen molar-refractivity contribution in [2.75, 3.05) is 19.7 Å². The van der Waals surface area contributed by atoms with Gasteiger partial charge < -0.3 is 14.4 Å². The summed E-state index contributed by atoms with van der Waals surface area (Å²) in [7, 11) is 0. The lowest BCUT2D eigenvalue weighted by molar-refractivity contribution is -0.160. The average Bonchev–Trinajstić information content (AvgIpc) is 2.78. The van der Waals surface area contributed by atoms with Gasteiger partial charge in [0.1, 0.15) is 0 Å². The van der Waals surface area contributed by atoms with Crippen LogP contribution >= 0.6 is 11.9 Å². The molecule has 5 nitrogen and oxygen atoms in total. The third-order valence-corrected chi connectivity index (χ3v) is 4.51. The van der Waals surface area contributed by atoms with E-state index in [0.29, 0.717) is 12.5 Å². The van der Waals surface area contributed by atoms with Crippen molar-refractivity contribution in [3.05, 3.63) is 0 Å². The molecule has 1 atom stereocenters. The van der Waals surface area contributed by atoms with Gasteiger partial charge in [0.05, 0.1) is 6.61 Å². The van der Waals surface area contributed by atoms with E-state index in [1.807, 2.05) is 18.7 Å². The molecular weight excluding hydrogens is 300 g/mol. The molecule has 0 saturated carbocycles. The van der Waals surface area contributed by atoms with Crippen LogP contribution in [0.25, 0.3) is 0 Å². The molecule has 0 N–H and O–H groups in total. The molecule has 0 aromatic carbocycles. The van der Waals surface area contributed by atoms with Crippen LogP contribution in [0.5, 0.6) is 0 Å². The fraction of sp³-hybridized carbons (Fsp3) is 0.875. The molecule has 0 aromatic rings. The summed E-state index contributed by atoms with van der Waals surface area (Å²) in [5.41, 5.74) is 0. The summed E-state index contributed by atoms with van der Waals surface area (Å²) in [5.74, 6) is -0.115. The first-order valence-corrected chi connectivity index (χ1v) is 8.76. The molecule has 1 unspecified atom stereocenters. The Labute approximate surface area is 138 Å². The summed E-state index contributed by atoms with van der Waals surface area (Å²) in [6.45, 7) is 12.1. The Balaban J connectivity index is 1.76. The van der Waals surface area contributed by atoms with Crippen molar-refractivity contribution >= 4 is 24.1 Å². The Hall–Kier alpha value is -0.590. The van der Waals surface area contributed by atoms with Gasteiger partial charge in [0.2, 0.25) is 0 Å². The van der Waals surface area contributed by atoms with Gasteiger partial charge in [-0.05, 0) is 65.3 Å². The number of hydrogen-bond acceptors (Lipinski definition) is 5. The summed E-state index contributed by atoms with van der Waals surface area (Å²) >= 11 is 1.61. The first kappa shape index (κ1) is 17.8. The topological polar surface area (TPSA) is 51.1 Å². The predicted octanol–water partition coefficient (Wildman–Crippen LogP) is 2.89. The second-order valence-corrected chi connectivity index (χ2v) is 9.06. The van der Waals surface area contributed by atoms with Crippen LogP contribution in [0, 0.1) is 5.92 Å². The van der Waals surface area contributed by atoms with Crippen LogP contribution in [0.3, 0.4) is 0 Å². The summed E-state index contributed by atoms with van der Waals surface area (Å²) < 4.78 is 15.8. The van der Waals surface area contributed by atoms with Crippen molar-refractivity contribution in [1.29, 1.82) is 0 Å². The number of piperidine rings is 1. The number of carbonyl (C=O) groups is 1. The van der Waals surface area contributed by atoms with E-state index in [2.05, 4.69) is 31.4 Å². The molecule has 0 aromatic heterocycles. The minimum Gasteiger partial charge on any atom is -0.347 e. The largest absolute Gasteiger partial charge is 0.347 e. The molecular formula is C16H28N2O3S. The van der Waals surface area contributed by atoms with Gasteiger partial charge in [-0.3, -0.25) is 4.79 Å². The highest BCUT2D eigenvalue weighted by atomic mass is 32.2. The molecule has 2 aliphatic heterocycles. The normalized spacial score (nSPS) is 26.8. The smallest absolute Gasteiger partial charge is 0.254 e. The molecule has 6 heteroatoms. The molecule has 0 aliphatic carbocycles. The highest BCUT2D eigenvalue weighted by Gasteiger charge is 2.39. The lowest BCUT2D eigenvalue weighted by atomic mass is 9.98. The molecule has 0 bridgehead atoms.